The second-order valence-corrected chi connectivity index (χ2v) is 3.23. The zero-order chi connectivity index (χ0) is 9.97. The molecule has 0 radical (unpaired) electrons. The summed E-state index contributed by atoms with van der Waals surface area (Å²) < 4.78 is 5.32. The van der Waals surface area contributed by atoms with Gasteiger partial charge in [0, 0.05) is 11.6 Å². The van der Waals surface area contributed by atoms with E-state index in [9.17, 15) is 0 Å². The van der Waals surface area contributed by atoms with Gasteiger partial charge in [-0.3, -0.25) is 0 Å². The van der Waals surface area contributed by atoms with E-state index in [1.54, 1.807) is 6.26 Å². The first kappa shape index (κ1) is 8.97. The molecule has 1 atom stereocenters. The predicted molar refractivity (Wildman–Crippen MR) is 54.5 cm³/mol. The molecule has 2 N–H and O–H groups in total. The Morgan fingerprint density at radius 1 is 1.29 bits per heavy atom. The summed E-state index contributed by atoms with van der Waals surface area (Å²) in [5.41, 5.74) is 7.44. The highest BCUT2D eigenvalue weighted by Gasteiger charge is 2.08. The summed E-state index contributed by atoms with van der Waals surface area (Å²) in [6.07, 6.45) is 1.60. The number of hydrogen-bond acceptors (Lipinski definition) is 3. The molecule has 0 fully saturated rings. The summed E-state index contributed by atoms with van der Waals surface area (Å²) in [7, 11) is 0. The molecule has 3 nitrogen and oxygen atoms in total. The average molecular weight is 188 g/mol. The highest BCUT2D eigenvalue weighted by atomic mass is 16.3. The normalized spacial score (nSPS) is 12.7. The van der Waals surface area contributed by atoms with Crippen LogP contribution in [0.4, 0.5) is 0 Å². The first-order chi connectivity index (χ1) is 6.77. The minimum atomic E-state index is -0.0868. The van der Waals surface area contributed by atoms with Crippen LogP contribution >= 0.6 is 0 Å². The summed E-state index contributed by atoms with van der Waals surface area (Å²) in [6, 6.07) is 9.68. The van der Waals surface area contributed by atoms with E-state index in [4.69, 9.17) is 10.2 Å². The van der Waals surface area contributed by atoms with Crippen molar-refractivity contribution in [3.8, 4) is 11.5 Å². The summed E-state index contributed by atoms with van der Waals surface area (Å²) in [4.78, 5) is 4.29. The van der Waals surface area contributed by atoms with E-state index in [-0.39, 0.29) is 6.04 Å². The first-order valence-corrected chi connectivity index (χ1v) is 4.54. The Morgan fingerprint density at radius 3 is 2.57 bits per heavy atom. The number of aromatic nitrogens is 1. The highest BCUT2D eigenvalue weighted by Crippen LogP contribution is 2.19. The van der Waals surface area contributed by atoms with Gasteiger partial charge >= 0.3 is 0 Å². The van der Waals surface area contributed by atoms with Gasteiger partial charge in [0.25, 0.3) is 0 Å². The second kappa shape index (κ2) is 3.64. The fourth-order valence-electron chi connectivity index (χ4n) is 1.21. The van der Waals surface area contributed by atoms with E-state index in [2.05, 4.69) is 4.98 Å². The standard InChI is InChI=1S/C11H12N2O/c1-8(12)10-7-14-11(13-10)9-5-3-2-4-6-9/h2-8H,12H2,1H3. The second-order valence-electron chi connectivity index (χ2n) is 3.23. The van der Waals surface area contributed by atoms with E-state index < -0.39 is 0 Å². The van der Waals surface area contributed by atoms with Gasteiger partial charge in [-0.05, 0) is 19.1 Å². The van der Waals surface area contributed by atoms with Crippen LogP contribution in [-0.4, -0.2) is 4.98 Å². The Kier molecular flexibility index (Phi) is 2.33. The predicted octanol–water partition coefficient (Wildman–Crippen LogP) is 2.36. The monoisotopic (exact) mass is 188 g/mol. The molecule has 1 aromatic heterocycles. The van der Waals surface area contributed by atoms with Crippen molar-refractivity contribution in [2.75, 3.05) is 0 Å². The summed E-state index contributed by atoms with van der Waals surface area (Å²) in [5.74, 6) is 0.623. The van der Waals surface area contributed by atoms with Crippen LogP contribution < -0.4 is 5.73 Å². The zero-order valence-electron chi connectivity index (χ0n) is 7.97. The molecule has 0 amide bonds. The third-order valence-electron chi connectivity index (χ3n) is 2.01. The highest BCUT2D eigenvalue weighted by molar-refractivity contribution is 5.52. The molecule has 0 aliphatic rings. The molecule has 1 unspecified atom stereocenters. The molecular formula is C11H12N2O. The molecule has 0 saturated carbocycles. The maximum absolute atomic E-state index is 5.68. The van der Waals surface area contributed by atoms with Crippen LogP contribution in [0.25, 0.3) is 11.5 Å². The van der Waals surface area contributed by atoms with Crippen molar-refractivity contribution in [1.82, 2.24) is 4.98 Å². The molecule has 72 valence electrons. The van der Waals surface area contributed by atoms with Gasteiger partial charge in [-0.2, -0.15) is 0 Å². The van der Waals surface area contributed by atoms with Crippen molar-refractivity contribution >= 4 is 0 Å². The Bertz CT molecular complexity index is 406. The van der Waals surface area contributed by atoms with E-state index in [1.165, 1.54) is 0 Å². The molecule has 3 heteroatoms. The Hall–Kier alpha value is -1.61. The molecule has 1 heterocycles. The number of rotatable bonds is 2. The van der Waals surface area contributed by atoms with Crippen molar-refractivity contribution in [2.24, 2.45) is 5.73 Å². The Balaban J connectivity index is 2.34. The van der Waals surface area contributed by atoms with Crippen molar-refractivity contribution in [2.45, 2.75) is 13.0 Å². The lowest BCUT2D eigenvalue weighted by Gasteiger charge is -1.95. The minimum Gasteiger partial charge on any atom is -0.444 e. The fraction of sp³-hybridized carbons (Fsp3) is 0.182. The smallest absolute Gasteiger partial charge is 0.226 e. The van der Waals surface area contributed by atoms with Gasteiger partial charge in [0.05, 0.1) is 5.69 Å². The quantitative estimate of drug-likeness (QED) is 0.787. The van der Waals surface area contributed by atoms with Gasteiger partial charge in [-0.15, -0.1) is 0 Å². The molecule has 0 saturated heterocycles. The maximum atomic E-state index is 5.68. The lowest BCUT2D eigenvalue weighted by Crippen LogP contribution is -2.04. The molecule has 0 aliphatic carbocycles. The Morgan fingerprint density at radius 2 is 2.00 bits per heavy atom. The minimum absolute atomic E-state index is 0.0868. The van der Waals surface area contributed by atoms with E-state index in [0.29, 0.717) is 5.89 Å². The van der Waals surface area contributed by atoms with Gasteiger partial charge in [-0.1, -0.05) is 18.2 Å². The number of benzene rings is 1. The summed E-state index contributed by atoms with van der Waals surface area (Å²) >= 11 is 0. The topological polar surface area (TPSA) is 52.0 Å². The molecule has 0 aliphatic heterocycles. The largest absolute Gasteiger partial charge is 0.444 e. The third kappa shape index (κ3) is 1.67. The molecule has 1 aromatic carbocycles. The van der Waals surface area contributed by atoms with Crippen molar-refractivity contribution < 1.29 is 4.42 Å². The number of nitrogens with two attached hydrogens (primary N) is 1. The molecule has 0 spiro atoms. The van der Waals surface area contributed by atoms with Crippen LogP contribution in [0, 0.1) is 0 Å². The Labute approximate surface area is 82.6 Å². The van der Waals surface area contributed by atoms with Crippen molar-refractivity contribution in [3.05, 3.63) is 42.3 Å². The van der Waals surface area contributed by atoms with Crippen LogP contribution in [0.15, 0.2) is 41.0 Å². The van der Waals surface area contributed by atoms with E-state index >= 15 is 0 Å². The zero-order valence-corrected chi connectivity index (χ0v) is 7.97. The van der Waals surface area contributed by atoms with E-state index in [1.807, 2.05) is 37.3 Å². The van der Waals surface area contributed by atoms with Crippen LogP contribution in [-0.2, 0) is 0 Å². The van der Waals surface area contributed by atoms with Gasteiger partial charge < -0.3 is 10.2 Å². The van der Waals surface area contributed by atoms with Crippen LogP contribution in [0.1, 0.15) is 18.7 Å². The summed E-state index contributed by atoms with van der Waals surface area (Å²) in [6.45, 7) is 1.88. The average Bonchev–Trinajstić information content (AvgIpc) is 2.68. The first-order valence-electron chi connectivity index (χ1n) is 4.54. The number of oxazole rings is 1. The maximum Gasteiger partial charge on any atom is 0.226 e. The third-order valence-corrected chi connectivity index (χ3v) is 2.01. The van der Waals surface area contributed by atoms with Gasteiger partial charge in [0.15, 0.2) is 0 Å². The molecule has 2 aromatic rings. The van der Waals surface area contributed by atoms with Gasteiger partial charge in [0.2, 0.25) is 5.89 Å². The fourth-order valence-corrected chi connectivity index (χ4v) is 1.21. The van der Waals surface area contributed by atoms with Crippen molar-refractivity contribution in [3.63, 3.8) is 0 Å². The van der Waals surface area contributed by atoms with Crippen LogP contribution in [0.5, 0.6) is 0 Å². The van der Waals surface area contributed by atoms with Crippen molar-refractivity contribution in [1.29, 1.82) is 0 Å². The van der Waals surface area contributed by atoms with Crippen LogP contribution in [0.3, 0.4) is 0 Å². The molecule has 14 heavy (non-hydrogen) atoms. The number of nitrogens with zero attached hydrogens (tertiary/aromatic N) is 1. The lowest BCUT2D eigenvalue weighted by molar-refractivity contribution is 0.570. The van der Waals surface area contributed by atoms with Crippen LogP contribution in [0.2, 0.25) is 0 Å². The van der Waals surface area contributed by atoms with Gasteiger partial charge in [0.1, 0.15) is 6.26 Å². The molecule has 2 rings (SSSR count). The molecule has 0 bridgehead atoms. The summed E-state index contributed by atoms with van der Waals surface area (Å²) in [5, 5.41) is 0. The number of hydrogen-bond donors (Lipinski definition) is 1. The van der Waals surface area contributed by atoms with Gasteiger partial charge in [-0.25, -0.2) is 4.98 Å². The molecular weight excluding hydrogens is 176 g/mol. The lowest BCUT2D eigenvalue weighted by atomic mass is 10.2. The van der Waals surface area contributed by atoms with E-state index in [0.717, 1.165) is 11.3 Å². The SMILES string of the molecule is CC(N)c1coc(-c2ccccc2)n1.